The second kappa shape index (κ2) is 12.1. The first-order valence-electron chi connectivity index (χ1n) is 12.3. The molecule has 1 aromatic heterocycles. The quantitative estimate of drug-likeness (QED) is 0.382. The Morgan fingerprint density at radius 2 is 1.79 bits per heavy atom. The molecule has 12 heteroatoms. The molecule has 0 bridgehead atoms. The Bertz CT molecular complexity index is 1230. The van der Waals surface area contributed by atoms with Gasteiger partial charge in [-0.25, -0.2) is 9.97 Å². The lowest BCUT2D eigenvalue weighted by Crippen LogP contribution is -2.38. The van der Waals surface area contributed by atoms with Gasteiger partial charge in [0.25, 0.3) is 0 Å². The molecule has 0 aliphatic carbocycles. The van der Waals surface area contributed by atoms with Crippen LogP contribution in [0.15, 0.2) is 48.8 Å². The van der Waals surface area contributed by atoms with E-state index in [0.717, 1.165) is 35.3 Å². The standard InChI is InChI=1S/C26H29F3N6O3/c1-3-23(36)32-21-5-4-6-22(17(21)2)33-24-30-16-31-25(34-24)35-13-11-19(12-14-35)37-15-18-7-9-20(10-8-18)38-26(27,28)29/h4-10,16,19H,3,11-15H2,1-2H3,(H,32,36)(H,30,31,33,34). The zero-order chi connectivity index (χ0) is 27.1. The minimum absolute atomic E-state index is 0.0144. The van der Waals surface area contributed by atoms with Crippen LogP contribution < -0.4 is 20.3 Å². The van der Waals surface area contributed by atoms with Crippen LogP contribution in [0.25, 0.3) is 0 Å². The minimum atomic E-state index is -4.71. The Balaban J connectivity index is 1.29. The van der Waals surface area contributed by atoms with Crippen LogP contribution in [0, 0.1) is 6.92 Å². The van der Waals surface area contributed by atoms with Crippen molar-refractivity contribution in [2.75, 3.05) is 28.6 Å². The van der Waals surface area contributed by atoms with Gasteiger partial charge in [0.05, 0.1) is 12.7 Å². The summed E-state index contributed by atoms with van der Waals surface area (Å²) in [5, 5.41) is 6.10. The van der Waals surface area contributed by atoms with Gasteiger partial charge in [0.15, 0.2) is 0 Å². The Morgan fingerprint density at radius 1 is 1.08 bits per heavy atom. The van der Waals surface area contributed by atoms with Crippen molar-refractivity contribution in [3.05, 3.63) is 59.9 Å². The molecule has 202 valence electrons. The van der Waals surface area contributed by atoms with Crippen molar-refractivity contribution >= 4 is 29.2 Å². The largest absolute Gasteiger partial charge is 0.573 e. The maximum atomic E-state index is 12.3. The van der Waals surface area contributed by atoms with Gasteiger partial charge in [0, 0.05) is 30.9 Å². The molecule has 0 saturated carbocycles. The van der Waals surface area contributed by atoms with Gasteiger partial charge in [-0.1, -0.05) is 25.1 Å². The van der Waals surface area contributed by atoms with E-state index in [1.807, 2.05) is 25.1 Å². The van der Waals surface area contributed by atoms with E-state index in [0.29, 0.717) is 38.0 Å². The number of amides is 1. The van der Waals surface area contributed by atoms with Crippen LogP contribution in [-0.2, 0) is 16.1 Å². The third-order valence-electron chi connectivity index (χ3n) is 6.10. The number of halogens is 3. The Kier molecular flexibility index (Phi) is 8.62. The number of carbonyl (C=O) groups excluding carboxylic acids is 1. The second-order valence-corrected chi connectivity index (χ2v) is 8.80. The number of ether oxygens (including phenoxy) is 2. The minimum Gasteiger partial charge on any atom is -0.406 e. The molecule has 2 N–H and O–H groups in total. The van der Waals surface area contributed by atoms with Crippen molar-refractivity contribution in [3.8, 4) is 5.75 Å². The molecule has 1 aliphatic rings. The van der Waals surface area contributed by atoms with E-state index in [2.05, 4.69) is 35.2 Å². The smallest absolute Gasteiger partial charge is 0.406 e. The highest BCUT2D eigenvalue weighted by Crippen LogP contribution is 2.27. The normalized spacial score (nSPS) is 14.3. The molecule has 0 atom stereocenters. The average molecular weight is 531 g/mol. The van der Waals surface area contributed by atoms with Crippen LogP contribution in [0.2, 0.25) is 0 Å². The van der Waals surface area contributed by atoms with Crippen molar-refractivity contribution in [3.63, 3.8) is 0 Å². The topological polar surface area (TPSA) is 102 Å². The summed E-state index contributed by atoms with van der Waals surface area (Å²) in [7, 11) is 0. The van der Waals surface area contributed by atoms with Gasteiger partial charge in [0.1, 0.15) is 12.1 Å². The number of rotatable bonds is 9. The molecule has 2 aromatic carbocycles. The fourth-order valence-electron chi connectivity index (χ4n) is 3.99. The van der Waals surface area contributed by atoms with E-state index in [4.69, 9.17) is 4.74 Å². The summed E-state index contributed by atoms with van der Waals surface area (Å²) in [6.45, 7) is 5.38. The molecule has 9 nitrogen and oxygen atoms in total. The summed E-state index contributed by atoms with van der Waals surface area (Å²) in [6, 6.07) is 11.3. The summed E-state index contributed by atoms with van der Waals surface area (Å²) in [5.41, 5.74) is 3.14. The van der Waals surface area contributed by atoms with Gasteiger partial charge >= 0.3 is 6.36 Å². The van der Waals surface area contributed by atoms with Crippen molar-refractivity contribution in [2.24, 2.45) is 0 Å². The zero-order valence-corrected chi connectivity index (χ0v) is 21.1. The molecule has 1 fully saturated rings. The van der Waals surface area contributed by atoms with Crippen LogP contribution in [0.3, 0.4) is 0 Å². The molecule has 4 rings (SSSR count). The van der Waals surface area contributed by atoms with Gasteiger partial charge in [-0.15, -0.1) is 13.2 Å². The first-order valence-corrected chi connectivity index (χ1v) is 12.3. The average Bonchev–Trinajstić information content (AvgIpc) is 2.90. The third kappa shape index (κ3) is 7.54. The van der Waals surface area contributed by atoms with Crippen molar-refractivity contribution in [1.82, 2.24) is 15.0 Å². The number of aromatic nitrogens is 3. The lowest BCUT2D eigenvalue weighted by molar-refractivity contribution is -0.274. The number of nitrogens with zero attached hydrogens (tertiary/aromatic N) is 4. The molecule has 3 aromatic rings. The van der Waals surface area contributed by atoms with E-state index in [1.54, 1.807) is 19.1 Å². The summed E-state index contributed by atoms with van der Waals surface area (Å²) < 4.78 is 46.8. The summed E-state index contributed by atoms with van der Waals surface area (Å²) >= 11 is 0. The maximum Gasteiger partial charge on any atom is 0.573 e. The van der Waals surface area contributed by atoms with Crippen LogP contribution in [0.5, 0.6) is 5.75 Å². The van der Waals surface area contributed by atoms with Gasteiger partial charge < -0.3 is 25.0 Å². The van der Waals surface area contributed by atoms with Gasteiger partial charge in [-0.05, 0) is 55.2 Å². The highest BCUT2D eigenvalue weighted by atomic mass is 19.4. The Morgan fingerprint density at radius 3 is 2.47 bits per heavy atom. The van der Waals surface area contributed by atoms with Crippen molar-refractivity contribution in [1.29, 1.82) is 0 Å². The molecule has 1 aliphatic heterocycles. The highest BCUT2D eigenvalue weighted by Gasteiger charge is 2.31. The maximum absolute atomic E-state index is 12.3. The lowest BCUT2D eigenvalue weighted by Gasteiger charge is -2.32. The Labute approximate surface area is 218 Å². The number of benzene rings is 2. The SMILES string of the molecule is CCC(=O)Nc1cccc(Nc2ncnc(N3CCC(OCc4ccc(OC(F)(F)F)cc4)CC3)n2)c1C. The lowest BCUT2D eigenvalue weighted by atomic mass is 10.1. The number of alkyl halides is 3. The van der Waals surface area contributed by atoms with Crippen molar-refractivity contribution < 1.29 is 27.4 Å². The monoisotopic (exact) mass is 530 g/mol. The molecule has 1 saturated heterocycles. The number of piperidine rings is 1. The number of hydrogen-bond donors (Lipinski definition) is 2. The van der Waals surface area contributed by atoms with Gasteiger partial charge in [-0.3, -0.25) is 4.79 Å². The first kappa shape index (κ1) is 27.1. The number of hydrogen-bond acceptors (Lipinski definition) is 8. The predicted octanol–water partition coefficient (Wildman–Crippen LogP) is 5.36. The first-order chi connectivity index (χ1) is 18.2. The molecule has 0 unspecified atom stereocenters. The predicted molar refractivity (Wildman–Crippen MR) is 136 cm³/mol. The molecule has 2 heterocycles. The van der Waals surface area contributed by atoms with Crippen LogP contribution in [0.4, 0.5) is 36.4 Å². The van der Waals surface area contributed by atoms with Crippen LogP contribution in [0.1, 0.15) is 37.3 Å². The molecule has 0 spiro atoms. The summed E-state index contributed by atoms with van der Waals surface area (Å²) in [5.74, 6) is 0.628. The molecule has 1 amide bonds. The number of anilines is 4. The number of carbonyl (C=O) groups is 1. The summed E-state index contributed by atoms with van der Waals surface area (Å²) in [6.07, 6.45) is -1.34. The molecular formula is C26H29F3N6O3. The van der Waals surface area contributed by atoms with E-state index >= 15 is 0 Å². The van der Waals surface area contributed by atoms with Crippen molar-refractivity contribution in [2.45, 2.75) is 52.2 Å². The van der Waals surface area contributed by atoms with Crippen LogP contribution >= 0.6 is 0 Å². The third-order valence-corrected chi connectivity index (χ3v) is 6.10. The highest BCUT2D eigenvalue weighted by molar-refractivity contribution is 5.92. The van der Waals surface area contributed by atoms with Gasteiger partial charge in [-0.2, -0.15) is 4.98 Å². The molecule has 0 radical (unpaired) electrons. The molecular weight excluding hydrogens is 501 g/mol. The molecule has 38 heavy (non-hydrogen) atoms. The van der Waals surface area contributed by atoms with E-state index in [9.17, 15) is 18.0 Å². The Hall–Kier alpha value is -3.93. The van der Waals surface area contributed by atoms with Crippen LogP contribution in [-0.4, -0.2) is 46.4 Å². The van der Waals surface area contributed by atoms with Gasteiger partial charge in [0.2, 0.25) is 17.8 Å². The van der Waals surface area contributed by atoms with E-state index < -0.39 is 6.36 Å². The van der Waals surface area contributed by atoms with E-state index in [-0.39, 0.29) is 17.8 Å². The second-order valence-electron chi connectivity index (χ2n) is 8.80. The fourth-order valence-corrected chi connectivity index (χ4v) is 3.99. The fraction of sp³-hybridized carbons (Fsp3) is 0.385. The van der Waals surface area contributed by atoms with E-state index in [1.165, 1.54) is 18.5 Å². The number of nitrogens with one attached hydrogen (secondary N) is 2. The summed E-state index contributed by atoms with van der Waals surface area (Å²) in [4.78, 5) is 27.0. The zero-order valence-electron chi connectivity index (χ0n) is 21.1.